The highest BCUT2D eigenvalue weighted by Crippen LogP contribution is 2.35. The summed E-state index contributed by atoms with van der Waals surface area (Å²) in [5, 5.41) is 9.49. The van der Waals surface area contributed by atoms with E-state index in [0.717, 1.165) is 31.5 Å². The Morgan fingerprint density at radius 2 is 1.82 bits per heavy atom. The van der Waals surface area contributed by atoms with Crippen molar-refractivity contribution in [2.75, 3.05) is 13.2 Å². The van der Waals surface area contributed by atoms with Crippen LogP contribution in [0.1, 0.15) is 30.4 Å². The fourth-order valence-corrected chi connectivity index (χ4v) is 3.36. The molecule has 1 aromatic rings. The zero-order valence-corrected chi connectivity index (χ0v) is 10.2. The lowest BCUT2D eigenvalue weighted by atomic mass is 9.74. The van der Waals surface area contributed by atoms with Crippen LogP contribution in [0.25, 0.3) is 0 Å². The quantitative estimate of drug-likeness (QED) is 0.806. The van der Waals surface area contributed by atoms with Gasteiger partial charge in [0.15, 0.2) is 0 Å². The molecule has 1 aliphatic heterocycles. The third kappa shape index (κ3) is 2.32. The molecule has 1 aliphatic carbocycles. The average molecular weight is 232 g/mol. The minimum atomic E-state index is 0.410. The minimum Gasteiger partial charge on any atom is -0.508 e. The van der Waals surface area contributed by atoms with Gasteiger partial charge in [0.05, 0.1) is 0 Å². The molecular weight excluding hydrogens is 212 g/mol. The van der Waals surface area contributed by atoms with Crippen LogP contribution >= 0.6 is 0 Å². The molecule has 0 saturated carbocycles. The molecule has 2 heteroatoms. The first-order valence-corrected chi connectivity index (χ1v) is 6.71. The number of benzene rings is 1. The Morgan fingerprint density at radius 1 is 1.00 bits per heavy atom. The first-order chi connectivity index (χ1) is 8.33. The summed E-state index contributed by atoms with van der Waals surface area (Å²) >= 11 is 0. The van der Waals surface area contributed by atoms with E-state index in [1.807, 2.05) is 12.1 Å². The van der Waals surface area contributed by atoms with E-state index in [4.69, 9.17) is 4.74 Å². The second-order valence-corrected chi connectivity index (χ2v) is 5.41. The van der Waals surface area contributed by atoms with Gasteiger partial charge in [0, 0.05) is 13.2 Å². The largest absolute Gasteiger partial charge is 0.508 e. The smallest absolute Gasteiger partial charge is 0.115 e. The van der Waals surface area contributed by atoms with Crippen LogP contribution in [0.2, 0.25) is 0 Å². The van der Waals surface area contributed by atoms with Gasteiger partial charge in [-0.05, 0) is 67.2 Å². The molecule has 2 nitrogen and oxygen atoms in total. The van der Waals surface area contributed by atoms with Crippen molar-refractivity contribution in [1.29, 1.82) is 0 Å². The number of phenolic OH excluding ortho intramolecular Hbond substituents is 1. The van der Waals surface area contributed by atoms with Gasteiger partial charge in [-0.15, -0.1) is 0 Å². The summed E-state index contributed by atoms with van der Waals surface area (Å²) in [7, 11) is 0. The van der Waals surface area contributed by atoms with E-state index in [1.54, 1.807) is 0 Å². The molecular formula is C15H20O2. The zero-order chi connectivity index (χ0) is 11.7. The van der Waals surface area contributed by atoms with E-state index in [1.165, 1.54) is 36.8 Å². The standard InChI is InChI=1S/C15H20O2/c16-15-4-3-13-9-12(1-2-14(13)10-15)11-5-7-17-8-6-11/h3-4,10-12,16H,1-2,5-9H2. The maximum Gasteiger partial charge on any atom is 0.115 e. The maximum absolute atomic E-state index is 9.49. The molecule has 3 rings (SSSR count). The van der Waals surface area contributed by atoms with Gasteiger partial charge in [-0.3, -0.25) is 0 Å². The molecule has 1 saturated heterocycles. The summed E-state index contributed by atoms with van der Waals surface area (Å²) in [4.78, 5) is 0. The molecule has 1 N–H and O–H groups in total. The van der Waals surface area contributed by atoms with E-state index >= 15 is 0 Å². The molecule has 1 heterocycles. The number of rotatable bonds is 1. The number of phenols is 1. The molecule has 1 fully saturated rings. The lowest BCUT2D eigenvalue weighted by Crippen LogP contribution is -2.27. The van der Waals surface area contributed by atoms with E-state index in [9.17, 15) is 5.11 Å². The highest BCUT2D eigenvalue weighted by molar-refractivity contribution is 5.36. The zero-order valence-electron chi connectivity index (χ0n) is 10.2. The predicted octanol–water partition coefficient (Wildman–Crippen LogP) is 2.92. The normalized spacial score (nSPS) is 25.5. The summed E-state index contributed by atoms with van der Waals surface area (Å²) in [6.45, 7) is 1.90. The number of aryl methyl sites for hydroxylation is 1. The summed E-state index contributed by atoms with van der Waals surface area (Å²) in [6, 6.07) is 5.87. The van der Waals surface area contributed by atoms with Crippen molar-refractivity contribution < 1.29 is 9.84 Å². The Morgan fingerprint density at radius 3 is 2.65 bits per heavy atom. The van der Waals surface area contributed by atoms with Crippen LogP contribution in [0.5, 0.6) is 5.75 Å². The summed E-state index contributed by atoms with van der Waals surface area (Å²) in [6.07, 6.45) is 6.07. The van der Waals surface area contributed by atoms with Crippen molar-refractivity contribution >= 4 is 0 Å². The summed E-state index contributed by atoms with van der Waals surface area (Å²) in [5.41, 5.74) is 2.80. The summed E-state index contributed by atoms with van der Waals surface area (Å²) in [5.74, 6) is 2.09. The average Bonchev–Trinajstić information content (AvgIpc) is 2.39. The second kappa shape index (κ2) is 4.69. The van der Waals surface area contributed by atoms with Crippen LogP contribution in [0.3, 0.4) is 0 Å². The Kier molecular flexibility index (Phi) is 3.06. The monoisotopic (exact) mass is 232 g/mol. The van der Waals surface area contributed by atoms with Gasteiger partial charge in [-0.1, -0.05) is 6.07 Å². The van der Waals surface area contributed by atoms with Crippen LogP contribution in [-0.4, -0.2) is 18.3 Å². The Hall–Kier alpha value is -1.02. The van der Waals surface area contributed by atoms with Crippen molar-refractivity contribution in [3.63, 3.8) is 0 Å². The number of aromatic hydroxyl groups is 1. The Bertz CT molecular complexity index is 394. The molecule has 1 aromatic carbocycles. The number of ether oxygens (including phenoxy) is 1. The molecule has 0 radical (unpaired) electrons. The van der Waals surface area contributed by atoms with E-state index in [-0.39, 0.29) is 0 Å². The van der Waals surface area contributed by atoms with Crippen molar-refractivity contribution in [1.82, 2.24) is 0 Å². The maximum atomic E-state index is 9.49. The third-order valence-electron chi connectivity index (χ3n) is 4.39. The van der Waals surface area contributed by atoms with Gasteiger partial charge in [0.1, 0.15) is 5.75 Å². The van der Waals surface area contributed by atoms with Crippen LogP contribution in [0.4, 0.5) is 0 Å². The molecule has 1 atom stereocenters. The fourth-order valence-electron chi connectivity index (χ4n) is 3.36. The van der Waals surface area contributed by atoms with Crippen LogP contribution in [-0.2, 0) is 17.6 Å². The van der Waals surface area contributed by atoms with Crippen LogP contribution in [0, 0.1) is 11.8 Å². The molecule has 0 spiro atoms. The van der Waals surface area contributed by atoms with Gasteiger partial charge in [-0.25, -0.2) is 0 Å². The van der Waals surface area contributed by atoms with E-state index in [0.29, 0.717) is 5.75 Å². The second-order valence-electron chi connectivity index (χ2n) is 5.41. The van der Waals surface area contributed by atoms with Crippen molar-refractivity contribution in [3.8, 4) is 5.75 Å². The number of hydrogen-bond donors (Lipinski definition) is 1. The Balaban J connectivity index is 1.73. The molecule has 1 unspecified atom stereocenters. The molecule has 2 aliphatic rings. The molecule has 17 heavy (non-hydrogen) atoms. The van der Waals surface area contributed by atoms with Crippen molar-refractivity contribution in [3.05, 3.63) is 29.3 Å². The predicted molar refractivity (Wildman–Crippen MR) is 67.2 cm³/mol. The fraction of sp³-hybridized carbons (Fsp3) is 0.600. The van der Waals surface area contributed by atoms with Crippen molar-refractivity contribution in [2.24, 2.45) is 11.8 Å². The van der Waals surface area contributed by atoms with E-state index in [2.05, 4.69) is 6.07 Å². The molecule has 0 aromatic heterocycles. The van der Waals surface area contributed by atoms with Gasteiger partial charge >= 0.3 is 0 Å². The van der Waals surface area contributed by atoms with Gasteiger partial charge < -0.3 is 9.84 Å². The SMILES string of the molecule is Oc1ccc2c(c1)CCC(C1CCOCC1)C2. The minimum absolute atomic E-state index is 0.410. The van der Waals surface area contributed by atoms with Gasteiger partial charge in [0.25, 0.3) is 0 Å². The van der Waals surface area contributed by atoms with Crippen LogP contribution < -0.4 is 0 Å². The molecule has 0 bridgehead atoms. The molecule has 0 amide bonds. The lowest BCUT2D eigenvalue weighted by molar-refractivity contribution is 0.0439. The summed E-state index contributed by atoms with van der Waals surface area (Å²) < 4.78 is 5.44. The van der Waals surface area contributed by atoms with E-state index < -0.39 is 0 Å². The highest BCUT2D eigenvalue weighted by atomic mass is 16.5. The topological polar surface area (TPSA) is 29.5 Å². The third-order valence-corrected chi connectivity index (χ3v) is 4.39. The number of fused-ring (bicyclic) bond motifs is 1. The first-order valence-electron chi connectivity index (χ1n) is 6.71. The van der Waals surface area contributed by atoms with Gasteiger partial charge in [-0.2, -0.15) is 0 Å². The Labute approximate surface area is 103 Å². The first kappa shape index (κ1) is 11.1. The van der Waals surface area contributed by atoms with Gasteiger partial charge in [0.2, 0.25) is 0 Å². The van der Waals surface area contributed by atoms with Crippen molar-refractivity contribution in [2.45, 2.75) is 32.1 Å². The lowest BCUT2D eigenvalue weighted by Gasteiger charge is -2.33. The van der Waals surface area contributed by atoms with Crippen LogP contribution in [0.15, 0.2) is 18.2 Å². The molecule has 92 valence electrons. The highest BCUT2D eigenvalue weighted by Gasteiger charge is 2.27. The number of hydrogen-bond acceptors (Lipinski definition) is 2.